The van der Waals surface area contributed by atoms with Crippen molar-refractivity contribution in [1.29, 1.82) is 0 Å². The maximum absolute atomic E-state index is 12.6. The van der Waals surface area contributed by atoms with Crippen molar-refractivity contribution >= 4 is 28.3 Å². The smallest absolute Gasteiger partial charge is 0.293 e. The summed E-state index contributed by atoms with van der Waals surface area (Å²) in [4.78, 5) is 30.9. The number of nitrogens with zero attached hydrogens (tertiary/aromatic N) is 2. The molecule has 4 rings (SSSR count). The Hall–Kier alpha value is -2.93. The van der Waals surface area contributed by atoms with E-state index in [1.54, 1.807) is 12.1 Å². The number of hydrogen-bond acceptors (Lipinski definition) is 5. The summed E-state index contributed by atoms with van der Waals surface area (Å²) in [5, 5.41) is 4.97. The molecule has 0 bridgehead atoms. The largest absolute Gasteiger partial charge is 0.459 e. The third-order valence-corrected chi connectivity index (χ3v) is 5.77. The van der Waals surface area contributed by atoms with Crippen LogP contribution in [0.2, 0.25) is 0 Å². The summed E-state index contributed by atoms with van der Waals surface area (Å²) in [5.41, 5.74) is 2.03. The van der Waals surface area contributed by atoms with Gasteiger partial charge in [0.05, 0.1) is 18.4 Å². The van der Waals surface area contributed by atoms with Gasteiger partial charge >= 0.3 is 0 Å². The molecule has 28 heavy (non-hydrogen) atoms. The highest BCUT2D eigenvalue weighted by Gasteiger charge is 2.24. The summed E-state index contributed by atoms with van der Waals surface area (Å²) in [6.07, 6.45) is 3.67. The van der Waals surface area contributed by atoms with Gasteiger partial charge in [0.2, 0.25) is 5.91 Å². The summed E-state index contributed by atoms with van der Waals surface area (Å²) in [6, 6.07) is 13.7. The second kappa shape index (κ2) is 8.39. The van der Waals surface area contributed by atoms with Crippen molar-refractivity contribution in [3.8, 4) is 0 Å². The van der Waals surface area contributed by atoms with Crippen LogP contribution < -0.4 is 5.32 Å². The average Bonchev–Trinajstić information content (AvgIpc) is 3.41. The quantitative estimate of drug-likeness (QED) is 0.710. The maximum atomic E-state index is 12.6. The lowest BCUT2D eigenvalue weighted by atomic mass is 9.89. The number of nitrogens with one attached hydrogen (secondary N) is 1. The Kier molecular flexibility index (Phi) is 5.53. The lowest BCUT2D eigenvalue weighted by Crippen LogP contribution is -2.38. The predicted molar refractivity (Wildman–Crippen MR) is 107 cm³/mol. The Morgan fingerprint density at radius 1 is 1.14 bits per heavy atom. The number of likely N-dealkylation sites (tertiary alicyclic amines) is 1. The molecular formula is C21H21N3O3S. The van der Waals surface area contributed by atoms with E-state index in [4.69, 9.17) is 4.42 Å². The third-order valence-electron chi connectivity index (χ3n) is 4.97. The topological polar surface area (TPSA) is 75.4 Å². The van der Waals surface area contributed by atoms with Gasteiger partial charge in [0.1, 0.15) is 0 Å². The lowest BCUT2D eigenvalue weighted by molar-refractivity contribution is -0.131. The first-order valence-electron chi connectivity index (χ1n) is 9.31. The van der Waals surface area contributed by atoms with Gasteiger partial charge in [-0.1, -0.05) is 30.3 Å². The van der Waals surface area contributed by atoms with Crippen LogP contribution in [0.5, 0.6) is 0 Å². The number of amides is 2. The second-order valence-electron chi connectivity index (χ2n) is 6.82. The number of benzene rings is 1. The van der Waals surface area contributed by atoms with Crippen molar-refractivity contribution in [2.75, 3.05) is 18.4 Å². The molecule has 0 atom stereocenters. The van der Waals surface area contributed by atoms with Crippen LogP contribution >= 0.6 is 11.3 Å². The standard InChI is InChI=1S/C21H21N3O3S/c25-19(24-10-8-16(9-11-24)15-5-2-1-3-6-15)13-17-14-28-21(22-17)23-20(26)18-7-4-12-27-18/h1-7,12,14,16H,8-11,13H2,(H,22,23,26). The molecule has 1 fully saturated rings. The number of furan rings is 1. The Morgan fingerprint density at radius 2 is 1.93 bits per heavy atom. The average molecular weight is 395 g/mol. The summed E-state index contributed by atoms with van der Waals surface area (Å²) in [5.74, 6) is 0.489. The molecule has 0 saturated carbocycles. The number of piperidine rings is 1. The van der Waals surface area contributed by atoms with Gasteiger partial charge in [0.25, 0.3) is 5.91 Å². The van der Waals surface area contributed by atoms with Gasteiger partial charge in [0.15, 0.2) is 10.9 Å². The van der Waals surface area contributed by atoms with Crippen LogP contribution in [0.3, 0.4) is 0 Å². The van der Waals surface area contributed by atoms with Crippen molar-refractivity contribution in [2.24, 2.45) is 0 Å². The van der Waals surface area contributed by atoms with Gasteiger partial charge in [-0.05, 0) is 36.5 Å². The molecular weight excluding hydrogens is 374 g/mol. The zero-order chi connectivity index (χ0) is 19.3. The van der Waals surface area contributed by atoms with Gasteiger partial charge in [-0.15, -0.1) is 11.3 Å². The minimum absolute atomic E-state index is 0.0840. The van der Waals surface area contributed by atoms with Crippen molar-refractivity contribution in [3.63, 3.8) is 0 Å². The van der Waals surface area contributed by atoms with E-state index in [0.717, 1.165) is 25.9 Å². The van der Waals surface area contributed by atoms with E-state index in [0.29, 0.717) is 16.7 Å². The molecule has 0 aliphatic carbocycles. The fourth-order valence-electron chi connectivity index (χ4n) is 3.47. The van der Waals surface area contributed by atoms with E-state index in [-0.39, 0.29) is 24.0 Å². The molecule has 6 nitrogen and oxygen atoms in total. The normalized spacial score (nSPS) is 14.8. The molecule has 1 aliphatic heterocycles. The van der Waals surface area contributed by atoms with E-state index >= 15 is 0 Å². The van der Waals surface area contributed by atoms with Crippen molar-refractivity contribution in [1.82, 2.24) is 9.88 Å². The van der Waals surface area contributed by atoms with E-state index in [1.807, 2.05) is 16.3 Å². The molecule has 1 N–H and O–H groups in total. The first-order valence-corrected chi connectivity index (χ1v) is 10.2. The fourth-order valence-corrected chi connectivity index (χ4v) is 4.17. The summed E-state index contributed by atoms with van der Waals surface area (Å²) in [7, 11) is 0. The zero-order valence-electron chi connectivity index (χ0n) is 15.3. The molecule has 2 amide bonds. The molecule has 3 aromatic rings. The maximum Gasteiger partial charge on any atom is 0.293 e. The van der Waals surface area contributed by atoms with Crippen LogP contribution in [-0.2, 0) is 11.2 Å². The van der Waals surface area contributed by atoms with Crippen LogP contribution in [0, 0.1) is 0 Å². The SMILES string of the molecule is O=C(Nc1nc(CC(=O)N2CCC(c3ccccc3)CC2)cs1)c1ccco1. The highest BCUT2D eigenvalue weighted by atomic mass is 32.1. The number of rotatable bonds is 5. The van der Waals surface area contributed by atoms with Crippen LogP contribution in [0.25, 0.3) is 0 Å². The van der Waals surface area contributed by atoms with E-state index in [1.165, 1.54) is 23.2 Å². The van der Waals surface area contributed by atoms with Crippen LogP contribution in [0.1, 0.15) is 40.6 Å². The van der Waals surface area contributed by atoms with Crippen molar-refractivity contribution in [3.05, 3.63) is 71.1 Å². The molecule has 1 aliphatic rings. The first-order chi connectivity index (χ1) is 13.7. The molecule has 0 unspecified atom stereocenters. The molecule has 1 saturated heterocycles. The van der Waals surface area contributed by atoms with Crippen molar-refractivity contribution in [2.45, 2.75) is 25.2 Å². The Bertz CT molecular complexity index is 929. The van der Waals surface area contributed by atoms with E-state index in [2.05, 4.69) is 34.6 Å². The van der Waals surface area contributed by atoms with Gasteiger partial charge in [-0.2, -0.15) is 0 Å². The molecule has 3 heterocycles. The molecule has 2 aromatic heterocycles. The number of anilines is 1. The molecule has 0 radical (unpaired) electrons. The minimum atomic E-state index is -0.347. The highest BCUT2D eigenvalue weighted by Crippen LogP contribution is 2.28. The van der Waals surface area contributed by atoms with Crippen LogP contribution in [0.15, 0.2) is 58.5 Å². The number of hydrogen-bond donors (Lipinski definition) is 1. The number of aromatic nitrogens is 1. The summed E-state index contributed by atoms with van der Waals surface area (Å²) < 4.78 is 5.06. The molecule has 1 aromatic carbocycles. The molecule has 0 spiro atoms. The lowest BCUT2D eigenvalue weighted by Gasteiger charge is -2.32. The van der Waals surface area contributed by atoms with Gasteiger partial charge in [-0.25, -0.2) is 4.98 Å². The number of carbonyl (C=O) groups is 2. The van der Waals surface area contributed by atoms with Crippen LogP contribution in [0.4, 0.5) is 5.13 Å². The fraction of sp³-hybridized carbons (Fsp3) is 0.286. The van der Waals surface area contributed by atoms with Gasteiger partial charge in [0, 0.05) is 18.5 Å². The van der Waals surface area contributed by atoms with Crippen LogP contribution in [-0.4, -0.2) is 34.8 Å². The zero-order valence-corrected chi connectivity index (χ0v) is 16.2. The molecule has 144 valence electrons. The van der Waals surface area contributed by atoms with Crippen molar-refractivity contribution < 1.29 is 14.0 Å². The Balaban J connectivity index is 1.29. The number of thiazole rings is 1. The minimum Gasteiger partial charge on any atom is -0.459 e. The Labute approximate surface area is 167 Å². The second-order valence-corrected chi connectivity index (χ2v) is 7.68. The highest BCUT2D eigenvalue weighted by molar-refractivity contribution is 7.14. The molecule has 7 heteroatoms. The first kappa shape index (κ1) is 18.4. The Morgan fingerprint density at radius 3 is 2.64 bits per heavy atom. The summed E-state index contributed by atoms with van der Waals surface area (Å²) >= 11 is 1.31. The van der Waals surface area contributed by atoms with E-state index < -0.39 is 0 Å². The van der Waals surface area contributed by atoms with E-state index in [9.17, 15) is 9.59 Å². The monoisotopic (exact) mass is 395 g/mol. The summed E-state index contributed by atoms with van der Waals surface area (Å²) in [6.45, 7) is 1.54. The predicted octanol–water partition coefficient (Wildman–Crippen LogP) is 3.94. The van der Waals surface area contributed by atoms with Gasteiger partial charge in [-0.3, -0.25) is 14.9 Å². The number of carbonyl (C=O) groups excluding carboxylic acids is 2. The van der Waals surface area contributed by atoms with Gasteiger partial charge < -0.3 is 9.32 Å². The third kappa shape index (κ3) is 4.31.